The number of aromatic amines is 2. The van der Waals surface area contributed by atoms with Crippen molar-refractivity contribution in [2.75, 3.05) is 5.32 Å². The lowest BCUT2D eigenvalue weighted by Gasteiger charge is -2.28. The molecule has 0 radical (unpaired) electrons. The Morgan fingerprint density at radius 2 is 1.89 bits per heavy atom. The van der Waals surface area contributed by atoms with Gasteiger partial charge in [-0.3, -0.25) is 15.0 Å². The van der Waals surface area contributed by atoms with E-state index in [4.69, 9.17) is 0 Å². The van der Waals surface area contributed by atoms with E-state index in [1.807, 2.05) is 24.3 Å². The Balaban J connectivity index is 1.27. The number of rotatable bonds is 4. The molecule has 3 N–H and O–H groups in total. The number of nitrogens with zero attached hydrogens (tertiary/aromatic N) is 3. The van der Waals surface area contributed by atoms with Crippen molar-refractivity contribution < 1.29 is 27.4 Å². The molecule has 5 aromatic rings. The molecule has 1 aliphatic heterocycles. The molecule has 0 saturated heterocycles. The van der Waals surface area contributed by atoms with Crippen LogP contribution in [-0.4, -0.2) is 43.8 Å². The summed E-state index contributed by atoms with van der Waals surface area (Å²) in [5.41, 5.74) is 3.48. The molecular weight excluding hydrogens is 477 g/mol. The van der Waals surface area contributed by atoms with Gasteiger partial charge in [0, 0.05) is 33.8 Å². The topological polar surface area (TPSA) is 118 Å². The molecule has 0 fully saturated rings. The number of H-pyrrole nitrogens is 2. The molecule has 1 amide bonds. The van der Waals surface area contributed by atoms with E-state index in [1.54, 1.807) is 18.2 Å². The van der Waals surface area contributed by atoms with Gasteiger partial charge in [0.05, 0.1) is 11.2 Å². The number of anilines is 1. The van der Waals surface area contributed by atoms with E-state index in [0.717, 1.165) is 16.5 Å². The van der Waals surface area contributed by atoms with Gasteiger partial charge in [0.2, 0.25) is 0 Å². The molecule has 0 aliphatic carbocycles. The van der Waals surface area contributed by atoms with Crippen LogP contribution in [0.5, 0.6) is 11.5 Å². The lowest BCUT2D eigenvalue weighted by Crippen LogP contribution is -2.43. The van der Waals surface area contributed by atoms with Gasteiger partial charge in [-0.1, -0.05) is 12.1 Å². The minimum Gasteiger partial charge on any atom is -0.447 e. The van der Waals surface area contributed by atoms with Gasteiger partial charge in [-0.15, -0.1) is 0 Å². The summed E-state index contributed by atoms with van der Waals surface area (Å²) in [7, 11) is 0. The third kappa shape index (κ3) is 3.78. The van der Waals surface area contributed by atoms with E-state index < -0.39 is 18.4 Å². The highest BCUT2D eigenvalue weighted by Gasteiger charge is 2.49. The highest BCUT2D eigenvalue weighted by atomic mass is 19.3. The van der Waals surface area contributed by atoms with Crippen molar-refractivity contribution in [1.29, 1.82) is 0 Å². The van der Waals surface area contributed by atoms with Crippen LogP contribution in [0, 0.1) is 0 Å². The number of benzene rings is 3. The minimum absolute atomic E-state index is 0.215. The van der Waals surface area contributed by atoms with Gasteiger partial charge in [0.25, 0.3) is 5.91 Å². The molecule has 1 atom stereocenters. The third-order valence-corrected chi connectivity index (χ3v) is 5.59. The summed E-state index contributed by atoms with van der Waals surface area (Å²) in [5, 5.41) is 17.6. The first-order valence-corrected chi connectivity index (χ1v) is 10.6. The van der Waals surface area contributed by atoms with Crippen molar-refractivity contribution in [3.63, 3.8) is 0 Å². The molecule has 3 heterocycles. The van der Waals surface area contributed by atoms with E-state index in [2.05, 4.69) is 40.2 Å². The monoisotopic (exact) mass is 492 g/mol. The average Bonchev–Trinajstić information content (AvgIpc) is 3.55. The Kier molecular flexibility index (Phi) is 4.88. The number of nitrogens with one attached hydrogen (secondary N) is 3. The van der Waals surface area contributed by atoms with Crippen LogP contribution in [0.1, 0.15) is 10.4 Å². The van der Waals surface area contributed by atoms with Gasteiger partial charge < -0.3 is 14.8 Å². The number of hydrogen-bond donors (Lipinski definition) is 3. The highest BCUT2D eigenvalue weighted by Crippen LogP contribution is 2.41. The van der Waals surface area contributed by atoms with Crippen molar-refractivity contribution in [2.45, 2.75) is 12.5 Å². The number of halogens is 3. The molecule has 1 unspecified atom stereocenters. The zero-order valence-electron chi connectivity index (χ0n) is 18.1. The quantitative estimate of drug-likeness (QED) is 0.328. The Morgan fingerprint density at radius 3 is 2.72 bits per heavy atom. The second-order valence-electron chi connectivity index (χ2n) is 7.96. The van der Waals surface area contributed by atoms with Crippen LogP contribution in [0.4, 0.5) is 18.9 Å². The number of ether oxygens (including phenoxy) is 2. The van der Waals surface area contributed by atoms with Crippen LogP contribution < -0.4 is 14.8 Å². The largest absolute Gasteiger partial charge is 0.468 e. The number of carbonyl (C=O) groups is 1. The zero-order chi connectivity index (χ0) is 24.9. The van der Waals surface area contributed by atoms with Crippen molar-refractivity contribution >= 4 is 22.5 Å². The van der Waals surface area contributed by atoms with Crippen LogP contribution >= 0.6 is 0 Å². The molecule has 0 bridgehead atoms. The van der Waals surface area contributed by atoms with E-state index in [0.29, 0.717) is 22.6 Å². The molecule has 0 spiro atoms. The Bertz CT molecular complexity index is 1600. The van der Waals surface area contributed by atoms with Crippen LogP contribution in [0.3, 0.4) is 0 Å². The summed E-state index contributed by atoms with van der Waals surface area (Å²) in [6.45, 7) is 0. The van der Waals surface area contributed by atoms with E-state index in [9.17, 15) is 18.0 Å². The number of alkyl halides is 3. The number of hydrogen-bond acceptors (Lipinski definition) is 6. The zero-order valence-corrected chi connectivity index (χ0v) is 18.1. The van der Waals surface area contributed by atoms with Crippen molar-refractivity contribution in [1.82, 2.24) is 25.4 Å². The Hall–Kier alpha value is -4.87. The first-order chi connectivity index (χ1) is 17.4. The van der Waals surface area contributed by atoms with Crippen LogP contribution in [0.25, 0.3) is 33.5 Å². The van der Waals surface area contributed by atoms with Gasteiger partial charge in [0.1, 0.15) is 6.33 Å². The van der Waals surface area contributed by atoms with Crippen LogP contribution in [0.2, 0.25) is 0 Å². The first-order valence-electron chi connectivity index (χ1n) is 10.6. The second kappa shape index (κ2) is 8.12. The summed E-state index contributed by atoms with van der Waals surface area (Å²) in [6, 6.07) is 16.2. The summed E-state index contributed by atoms with van der Waals surface area (Å²) in [5.74, 6) is -0.438. The molecule has 6 rings (SSSR count). The molecule has 1 aliphatic rings. The number of carbonyl (C=O) groups excluding carboxylic acids is 1. The number of fused-ring (bicyclic) bond motifs is 2. The fourth-order valence-corrected chi connectivity index (χ4v) is 3.87. The maximum absolute atomic E-state index is 13.5. The molecule has 180 valence electrons. The molecule has 2 aromatic heterocycles. The Labute approximate surface area is 200 Å². The summed E-state index contributed by atoms with van der Waals surface area (Å²) in [4.78, 5) is 17.1. The summed E-state index contributed by atoms with van der Waals surface area (Å²) >= 11 is 0. The van der Waals surface area contributed by atoms with E-state index >= 15 is 0 Å². The fourth-order valence-electron chi connectivity index (χ4n) is 3.87. The number of aromatic nitrogens is 5. The predicted octanol–water partition coefficient (Wildman–Crippen LogP) is 4.93. The van der Waals surface area contributed by atoms with Crippen molar-refractivity contribution in [2.24, 2.45) is 0 Å². The molecular formula is C24H15F3N6O3. The third-order valence-electron chi connectivity index (χ3n) is 5.59. The lowest BCUT2D eigenvalue weighted by molar-refractivity contribution is -0.281. The smallest absolute Gasteiger partial charge is 0.447 e. The van der Waals surface area contributed by atoms with Gasteiger partial charge in [-0.2, -0.15) is 23.4 Å². The van der Waals surface area contributed by atoms with E-state index in [1.165, 1.54) is 24.5 Å². The van der Waals surface area contributed by atoms with E-state index in [-0.39, 0.29) is 17.2 Å². The van der Waals surface area contributed by atoms with Gasteiger partial charge >= 0.3 is 12.5 Å². The minimum atomic E-state index is -4.09. The van der Waals surface area contributed by atoms with Crippen LogP contribution in [0.15, 0.2) is 67.0 Å². The SMILES string of the molecule is O=C(Nc1ccc2c(c1)OC(F)C(F)(F)O2)c1cccc(-c2n[nH]c3ccc(-c4ncn[nH]4)cc23)c1. The standard InChI is InChI=1S/C24H15F3N6O3/c25-23-24(26,27)36-18-7-5-15(10-19(18)35-23)30-22(34)14-3-1-2-12(8-14)20-16-9-13(21-28-11-29-33-21)4-6-17(16)31-32-20/h1-11,23H,(H,30,34)(H,31,32)(H,28,29,33). The normalized spacial score (nSPS) is 16.1. The van der Waals surface area contributed by atoms with Gasteiger partial charge in [-0.25, -0.2) is 4.98 Å². The Morgan fingerprint density at radius 1 is 1.00 bits per heavy atom. The molecule has 36 heavy (non-hydrogen) atoms. The van der Waals surface area contributed by atoms with Crippen molar-refractivity contribution in [3.8, 4) is 34.1 Å². The average molecular weight is 492 g/mol. The van der Waals surface area contributed by atoms with Gasteiger partial charge in [0.15, 0.2) is 17.3 Å². The maximum Gasteiger partial charge on any atom is 0.468 e. The predicted molar refractivity (Wildman–Crippen MR) is 122 cm³/mol. The highest BCUT2D eigenvalue weighted by molar-refractivity contribution is 6.05. The first kappa shape index (κ1) is 21.6. The van der Waals surface area contributed by atoms with Gasteiger partial charge in [-0.05, 0) is 42.5 Å². The summed E-state index contributed by atoms with van der Waals surface area (Å²) < 4.78 is 49.1. The van der Waals surface area contributed by atoms with Crippen molar-refractivity contribution in [3.05, 3.63) is 72.6 Å². The molecule has 0 saturated carbocycles. The number of amides is 1. The fraction of sp³-hybridized carbons (Fsp3) is 0.0833. The summed E-state index contributed by atoms with van der Waals surface area (Å²) in [6.07, 6.45) is -5.63. The molecule has 3 aromatic carbocycles. The molecule has 9 nitrogen and oxygen atoms in total. The maximum atomic E-state index is 13.5. The second-order valence-corrected chi connectivity index (χ2v) is 7.96. The molecule has 12 heteroatoms. The van der Waals surface area contributed by atoms with Crippen LogP contribution in [-0.2, 0) is 0 Å². The lowest BCUT2D eigenvalue weighted by atomic mass is 10.0.